The van der Waals surface area contributed by atoms with Crippen LogP contribution in [0.25, 0.3) is 10.9 Å². The summed E-state index contributed by atoms with van der Waals surface area (Å²) in [6.07, 6.45) is 0. The molecule has 0 spiro atoms. The first-order valence-electron chi connectivity index (χ1n) is 4.41. The second-order valence-corrected chi connectivity index (χ2v) is 3.34. The van der Waals surface area contributed by atoms with Gasteiger partial charge in [-0.3, -0.25) is 0 Å². The van der Waals surface area contributed by atoms with Gasteiger partial charge in [0.1, 0.15) is 5.69 Å². The Balaban J connectivity index is 2.65. The second-order valence-electron chi connectivity index (χ2n) is 3.10. The summed E-state index contributed by atoms with van der Waals surface area (Å²) in [5, 5.41) is 2.54. The molecule has 1 N–H and O–H groups in total. The number of aromatic amines is 1. The first-order valence-corrected chi connectivity index (χ1v) is 4.88. The minimum Gasteiger partial charge on any atom is -0.464 e. The highest BCUT2D eigenvalue weighted by Crippen LogP contribution is 2.18. The Kier molecular flexibility index (Phi) is 2.51. The van der Waals surface area contributed by atoms with Gasteiger partial charge in [-0.2, -0.15) is 0 Å². The maximum Gasteiger partial charge on any atom is 0.354 e. The molecule has 1 aromatic heterocycles. The Morgan fingerprint density at radius 1 is 1.53 bits per heavy atom. The third-order valence-electron chi connectivity index (χ3n) is 2.22. The van der Waals surface area contributed by atoms with E-state index in [0.29, 0.717) is 5.69 Å². The molecule has 2 aromatic rings. The van der Waals surface area contributed by atoms with Gasteiger partial charge in [0.05, 0.1) is 12.6 Å². The third kappa shape index (κ3) is 1.64. The van der Waals surface area contributed by atoms with Crippen molar-refractivity contribution in [1.82, 2.24) is 4.98 Å². The molecule has 0 saturated heterocycles. The summed E-state index contributed by atoms with van der Waals surface area (Å²) < 4.78 is 4.63. The fraction of sp³-hybridized carbons (Fsp3) is 0.0909. The van der Waals surface area contributed by atoms with Gasteiger partial charge in [0.15, 0.2) is 0 Å². The minimum absolute atomic E-state index is 0.374. The number of carbonyl (C=O) groups excluding carboxylic acids is 1. The number of methoxy groups -OCH3 is 1. The Morgan fingerprint density at radius 3 is 3.00 bits per heavy atom. The molecule has 0 unspecified atom stereocenters. The molecule has 0 saturated carbocycles. The third-order valence-corrected chi connectivity index (χ3v) is 2.47. The fourth-order valence-corrected chi connectivity index (χ4v) is 1.69. The summed E-state index contributed by atoms with van der Waals surface area (Å²) >= 11 is 4.89. The van der Waals surface area contributed by atoms with Crippen molar-refractivity contribution in [3.63, 3.8) is 0 Å². The van der Waals surface area contributed by atoms with Crippen LogP contribution in [0, 0.1) is 0 Å². The SMILES string of the molecule is COC(=O)c1cc2cccc(C=S)c2[nH]1. The maximum atomic E-state index is 11.3. The molecule has 0 atom stereocenters. The molecule has 15 heavy (non-hydrogen) atoms. The molecule has 1 aromatic carbocycles. The summed E-state index contributed by atoms with van der Waals surface area (Å²) in [5.41, 5.74) is 2.21. The van der Waals surface area contributed by atoms with Gasteiger partial charge in [-0.15, -0.1) is 0 Å². The molecule has 3 nitrogen and oxygen atoms in total. The molecule has 0 aliphatic heterocycles. The Morgan fingerprint density at radius 2 is 2.33 bits per heavy atom. The Bertz CT molecular complexity index is 530. The van der Waals surface area contributed by atoms with Crippen LogP contribution in [0.5, 0.6) is 0 Å². The highest BCUT2D eigenvalue weighted by molar-refractivity contribution is 7.79. The van der Waals surface area contributed by atoms with Crippen LogP contribution in [-0.4, -0.2) is 23.4 Å². The highest BCUT2D eigenvalue weighted by atomic mass is 32.1. The van der Waals surface area contributed by atoms with E-state index in [1.54, 1.807) is 11.4 Å². The standard InChI is InChI=1S/C11H9NO2S/c1-14-11(13)9-5-7-3-2-4-8(6-15)10(7)12-9/h2-6,12H,1H3. The first-order chi connectivity index (χ1) is 7.26. The number of fused-ring (bicyclic) bond motifs is 1. The lowest BCUT2D eigenvalue weighted by atomic mass is 10.2. The summed E-state index contributed by atoms with van der Waals surface area (Å²) in [6.45, 7) is 0. The first kappa shape index (κ1) is 9.86. The topological polar surface area (TPSA) is 42.1 Å². The van der Waals surface area contributed by atoms with Gasteiger partial charge in [-0.05, 0) is 6.07 Å². The maximum absolute atomic E-state index is 11.3. The van der Waals surface area contributed by atoms with Gasteiger partial charge in [-0.1, -0.05) is 30.4 Å². The largest absolute Gasteiger partial charge is 0.464 e. The number of hydrogen-bond donors (Lipinski definition) is 1. The number of thiocarbonyl (C=S) groups is 1. The van der Waals surface area contributed by atoms with Crippen LogP contribution >= 0.6 is 12.2 Å². The van der Waals surface area contributed by atoms with Crippen molar-refractivity contribution in [1.29, 1.82) is 0 Å². The number of rotatable bonds is 2. The lowest BCUT2D eigenvalue weighted by Gasteiger charge is -1.94. The van der Waals surface area contributed by atoms with E-state index in [9.17, 15) is 4.79 Å². The zero-order valence-electron chi connectivity index (χ0n) is 8.11. The van der Waals surface area contributed by atoms with Crippen molar-refractivity contribution in [3.8, 4) is 0 Å². The van der Waals surface area contributed by atoms with Crippen LogP contribution in [0.4, 0.5) is 0 Å². The van der Waals surface area contributed by atoms with E-state index in [-0.39, 0.29) is 5.97 Å². The van der Waals surface area contributed by atoms with Crippen molar-refractivity contribution < 1.29 is 9.53 Å². The monoisotopic (exact) mass is 219 g/mol. The Hall–Kier alpha value is -1.68. The van der Waals surface area contributed by atoms with Crippen LogP contribution in [0.15, 0.2) is 24.3 Å². The second kappa shape index (κ2) is 3.82. The molecule has 0 amide bonds. The number of para-hydroxylation sites is 1. The lowest BCUT2D eigenvalue weighted by Crippen LogP contribution is -2.00. The van der Waals surface area contributed by atoms with Gasteiger partial charge >= 0.3 is 5.97 Å². The normalized spacial score (nSPS) is 10.2. The van der Waals surface area contributed by atoms with E-state index in [2.05, 4.69) is 9.72 Å². The number of carbonyl (C=O) groups is 1. The van der Waals surface area contributed by atoms with Crippen LogP contribution in [0.2, 0.25) is 0 Å². The fourth-order valence-electron chi connectivity index (χ4n) is 1.50. The van der Waals surface area contributed by atoms with Gasteiger partial charge in [0.2, 0.25) is 0 Å². The molecule has 4 heteroatoms. The number of H-pyrrole nitrogens is 1. The molecule has 0 aliphatic rings. The number of hydrogen-bond acceptors (Lipinski definition) is 3. The van der Waals surface area contributed by atoms with Crippen LogP contribution in [0.3, 0.4) is 0 Å². The average molecular weight is 219 g/mol. The summed E-state index contributed by atoms with van der Waals surface area (Å²) in [6, 6.07) is 7.46. The van der Waals surface area contributed by atoms with E-state index in [1.807, 2.05) is 18.2 Å². The molecule has 76 valence electrons. The van der Waals surface area contributed by atoms with Crippen molar-refractivity contribution in [3.05, 3.63) is 35.5 Å². The zero-order valence-corrected chi connectivity index (χ0v) is 8.93. The predicted octanol–water partition coefficient (Wildman–Crippen LogP) is 2.30. The Labute approximate surface area is 92.1 Å². The van der Waals surface area contributed by atoms with E-state index in [0.717, 1.165) is 16.5 Å². The van der Waals surface area contributed by atoms with Crippen molar-refractivity contribution in [2.45, 2.75) is 0 Å². The molecule has 2 rings (SSSR count). The van der Waals surface area contributed by atoms with E-state index in [1.165, 1.54) is 7.11 Å². The zero-order chi connectivity index (χ0) is 10.8. The molecular weight excluding hydrogens is 210 g/mol. The average Bonchev–Trinajstić information content (AvgIpc) is 2.71. The van der Waals surface area contributed by atoms with Gasteiger partial charge in [-0.25, -0.2) is 4.79 Å². The summed E-state index contributed by atoms with van der Waals surface area (Å²) in [5.74, 6) is -0.374. The number of nitrogens with one attached hydrogen (secondary N) is 1. The summed E-state index contributed by atoms with van der Waals surface area (Å²) in [4.78, 5) is 14.3. The van der Waals surface area contributed by atoms with Crippen molar-refractivity contribution in [2.75, 3.05) is 7.11 Å². The molecule has 0 aliphatic carbocycles. The van der Waals surface area contributed by atoms with Crippen molar-refractivity contribution >= 4 is 34.5 Å². The van der Waals surface area contributed by atoms with Gasteiger partial charge in [0, 0.05) is 16.3 Å². The number of ether oxygens (including phenoxy) is 1. The number of esters is 1. The molecular formula is C11H9NO2S. The van der Waals surface area contributed by atoms with Crippen LogP contribution in [0.1, 0.15) is 16.1 Å². The lowest BCUT2D eigenvalue weighted by molar-refractivity contribution is 0.0595. The van der Waals surface area contributed by atoms with E-state index in [4.69, 9.17) is 12.2 Å². The minimum atomic E-state index is -0.374. The number of benzene rings is 1. The molecule has 0 radical (unpaired) electrons. The molecule has 0 bridgehead atoms. The predicted molar refractivity (Wildman–Crippen MR) is 62.4 cm³/mol. The van der Waals surface area contributed by atoms with E-state index >= 15 is 0 Å². The van der Waals surface area contributed by atoms with Crippen LogP contribution in [-0.2, 0) is 4.74 Å². The van der Waals surface area contributed by atoms with Crippen molar-refractivity contribution in [2.24, 2.45) is 0 Å². The smallest absolute Gasteiger partial charge is 0.354 e. The molecule has 1 heterocycles. The summed E-state index contributed by atoms with van der Waals surface area (Å²) in [7, 11) is 1.36. The quantitative estimate of drug-likeness (QED) is 0.622. The van der Waals surface area contributed by atoms with E-state index < -0.39 is 0 Å². The molecule has 0 fully saturated rings. The van der Waals surface area contributed by atoms with Crippen LogP contribution < -0.4 is 0 Å². The van der Waals surface area contributed by atoms with Gasteiger partial charge in [0.25, 0.3) is 0 Å². The number of aromatic nitrogens is 1. The highest BCUT2D eigenvalue weighted by Gasteiger charge is 2.10. The van der Waals surface area contributed by atoms with Gasteiger partial charge < -0.3 is 9.72 Å².